The lowest BCUT2D eigenvalue weighted by Crippen LogP contribution is -2.43. The van der Waals surface area contributed by atoms with Gasteiger partial charge < -0.3 is 5.32 Å². The van der Waals surface area contributed by atoms with Crippen LogP contribution in [0.25, 0.3) is 0 Å². The van der Waals surface area contributed by atoms with Gasteiger partial charge in [0.1, 0.15) is 0 Å². The maximum Gasteiger partial charge on any atom is 0.0192 e. The van der Waals surface area contributed by atoms with Crippen molar-refractivity contribution in [2.45, 2.75) is 57.7 Å². The maximum atomic E-state index is 3.74. The Hall–Kier alpha value is -0.860. The Labute approximate surface area is 118 Å². The SMILES string of the molecule is CCC(Cc1ccccc1)NCC(C)N(C)C1CC1. The van der Waals surface area contributed by atoms with E-state index in [9.17, 15) is 0 Å². The van der Waals surface area contributed by atoms with E-state index in [1.165, 1.54) is 24.8 Å². The summed E-state index contributed by atoms with van der Waals surface area (Å²) in [6.07, 6.45) is 5.11. The van der Waals surface area contributed by atoms with Crippen LogP contribution in [0.5, 0.6) is 0 Å². The lowest BCUT2D eigenvalue weighted by Gasteiger charge is -2.27. The Morgan fingerprint density at radius 1 is 1.26 bits per heavy atom. The van der Waals surface area contributed by atoms with Crippen LogP contribution in [0.1, 0.15) is 38.7 Å². The van der Waals surface area contributed by atoms with Crippen molar-refractivity contribution in [3.63, 3.8) is 0 Å². The highest BCUT2D eigenvalue weighted by Gasteiger charge is 2.29. The standard InChI is InChI=1S/C17H28N2/c1-4-16(12-15-8-6-5-7-9-15)18-13-14(2)19(3)17-10-11-17/h5-9,14,16-18H,4,10-13H2,1-3H3. The minimum absolute atomic E-state index is 0.595. The van der Waals surface area contributed by atoms with E-state index in [1.54, 1.807) is 0 Å². The second-order valence-corrected chi connectivity index (χ2v) is 5.95. The van der Waals surface area contributed by atoms with E-state index in [0.29, 0.717) is 12.1 Å². The van der Waals surface area contributed by atoms with Crippen LogP contribution in [0.15, 0.2) is 30.3 Å². The predicted molar refractivity (Wildman–Crippen MR) is 82.5 cm³/mol. The summed E-state index contributed by atoms with van der Waals surface area (Å²) < 4.78 is 0. The van der Waals surface area contributed by atoms with Gasteiger partial charge in [-0.2, -0.15) is 0 Å². The average molecular weight is 260 g/mol. The van der Waals surface area contributed by atoms with Gasteiger partial charge in [0.25, 0.3) is 0 Å². The van der Waals surface area contributed by atoms with Crippen molar-refractivity contribution in [2.75, 3.05) is 13.6 Å². The molecule has 0 aliphatic heterocycles. The summed E-state index contributed by atoms with van der Waals surface area (Å²) in [5.74, 6) is 0. The van der Waals surface area contributed by atoms with E-state index < -0.39 is 0 Å². The second kappa shape index (κ2) is 7.06. The number of benzene rings is 1. The molecule has 2 heteroatoms. The summed E-state index contributed by atoms with van der Waals surface area (Å²) in [4.78, 5) is 2.53. The van der Waals surface area contributed by atoms with Gasteiger partial charge in [-0.3, -0.25) is 4.90 Å². The maximum absolute atomic E-state index is 3.74. The van der Waals surface area contributed by atoms with Crippen molar-refractivity contribution in [3.05, 3.63) is 35.9 Å². The van der Waals surface area contributed by atoms with Crippen molar-refractivity contribution < 1.29 is 0 Å². The zero-order valence-electron chi connectivity index (χ0n) is 12.6. The molecule has 0 radical (unpaired) electrons. The molecule has 1 N–H and O–H groups in total. The number of hydrogen-bond acceptors (Lipinski definition) is 2. The fraction of sp³-hybridized carbons (Fsp3) is 0.647. The minimum Gasteiger partial charge on any atom is -0.312 e. The van der Waals surface area contributed by atoms with Crippen LogP contribution in [-0.2, 0) is 6.42 Å². The fourth-order valence-corrected chi connectivity index (χ4v) is 2.58. The van der Waals surface area contributed by atoms with Crippen molar-refractivity contribution in [1.29, 1.82) is 0 Å². The predicted octanol–water partition coefficient (Wildman–Crippen LogP) is 3.08. The van der Waals surface area contributed by atoms with Crippen LogP contribution in [0.4, 0.5) is 0 Å². The highest BCUT2D eigenvalue weighted by Crippen LogP contribution is 2.26. The monoisotopic (exact) mass is 260 g/mol. The molecule has 1 aromatic rings. The molecule has 106 valence electrons. The summed E-state index contributed by atoms with van der Waals surface area (Å²) in [5.41, 5.74) is 1.44. The quantitative estimate of drug-likeness (QED) is 0.773. The van der Waals surface area contributed by atoms with Gasteiger partial charge in [0.2, 0.25) is 0 Å². The first-order chi connectivity index (χ1) is 9.20. The van der Waals surface area contributed by atoms with Crippen molar-refractivity contribution in [2.24, 2.45) is 0 Å². The smallest absolute Gasteiger partial charge is 0.0192 e. The van der Waals surface area contributed by atoms with Gasteiger partial charge in [0, 0.05) is 24.7 Å². The molecular formula is C17H28N2. The van der Waals surface area contributed by atoms with E-state index in [-0.39, 0.29) is 0 Å². The van der Waals surface area contributed by atoms with Gasteiger partial charge in [-0.25, -0.2) is 0 Å². The topological polar surface area (TPSA) is 15.3 Å². The van der Waals surface area contributed by atoms with Gasteiger partial charge in [-0.05, 0) is 45.2 Å². The van der Waals surface area contributed by atoms with Crippen LogP contribution in [0.3, 0.4) is 0 Å². The van der Waals surface area contributed by atoms with Crippen LogP contribution in [0.2, 0.25) is 0 Å². The van der Waals surface area contributed by atoms with Crippen LogP contribution < -0.4 is 5.32 Å². The Morgan fingerprint density at radius 3 is 2.53 bits per heavy atom. The number of likely N-dealkylation sites (N-methyl/N-ethyl adjacent to an activating group) is 1. The van der Waals surface area contributed by atoms with Crippen LogP contribution in [-0.4, -0.2) is 36.6 Å². The summed E-state index contributed by atoms with van der Waals surface area (Å²) in [7, 11) is 2.27. The summed E-state index contributed by atoms with van der Waals surface area (Å²) >= 11 is 0. The molecule has 0 spiro atoms. The second-order valence-electron chi connectivity index (χ2n) is 5.95. The molecule has 1 saturated carbocycles. The fourth-order valence-electron chi connectivity index (χ4n) is 2.58. The van der Waals surface area contributed by atoms with E-state index in [0.717, 1.165) is 19.0 Å². The van der Waals surface area contributed by atoms with E-state index in [2.05, 4.69) is 61.4 Å². The molecule has 2 rings (SSSR count). The highest BCUT2D eigenvalue weighted by atomic mass is 15.2. The minimum atomic E-state index is 0.595. The van der Waals surface area contributed by atoms with E-state index in [1.807, 2.05) is 0 Å². The molecule has 0 saturated heterocycles. The third-order valence-corrected chi connectivity index (χ3v) is 4.34. The number of hydrogen-bond donors (Lipinski definition) is 1. The zero-order valence-corrected chi connectivity index (χ0v) is 12.6. The van der Waals surface area contributed by atoms with Gasteiger partial charge in [-0.1, -0.05) is 37.3 Å². The average Bonchev–Trinajstić information content (AvgIpc) is 3.27. The Morgan fingerprint density at radius 2 is 1.95 bits per heavy atom. The summed E-state index contributed by atoms with van der Waals surface area (Å²) in [6, 6.07) is 12.9. The largest absolute Gasteiger partial charge is 0.312 e. The molecule has 2 nitrogen and oxygen atoms in total. The van der Waals surface area contributed by atoms with Crippen molar-refractivity contribution in [1.82, 2.24) is 10.2 Å². The molecule has 0 aromatic heterocycles. The van der Waals surface area contributed by atoms with Crippen molar-refractivity contribution >= 4 is 0 Å². The molecule has 2 atom stereocenters. The van der Waals surface area contributed by atoms with E-state index in [4.69, 9.17) is 0 Å². The van der Waals surface area contributed by atoms with E-state index >= 15 is 0 Å². The number of nitrogens with zero attached hydrogens (tertiary/aromatic N) is 1. The molecule has 0 heterocycles. The third-order valence-electron chi connectivity index (χ3n) is 4.34. The normalized spacial score (nSPS) is 18.5. The van der Waals surface area contributed by atoms with Gasteiger partial charge >= 0.3 is 0 Å². The summed E-state index contributed by atoms with van der Waals surface area (Å²) in [6.45, 7) is 5.70. The molecular weight excluding hydrogens is 232 g/mol. The molecule has 19 heavy (non-hydrogen) atoms. The van der Waals surface area contributed by atoms with Gasteiger partial charge in [-0.15, -0.1) is 0 Å². The molecule has 0 amide bonds. The van der Waals surface area contributed by atoms with Gasteiger partial charge in [0.15, 0.2) is 0 Å². The number of rotatable bonds is 8. The Kier molecular flexibility index (Phi) is 5.41. The third kappa shape index (κ3) is 4.63. The molecule has 1 aromatic carbocycles. The first kappa shape index (κ1) is 14.5. The zero-order chi connectivity index (χ0) is 13.7. The van der Waals surface area contributed by atoms with Crippen LogP contribution >= 0.6 is 0 Å². The van der Waals surface area contributed by atoms with Gasteiger partial charge in [0.05, 0.1) is 0 Å². The lowest BCUT2D eigenvalue weighted by molar-refractivity contribution is 0.234. The van der Waals surface area contributed by atoms with Crippen molar-refractivity contribution in [3.8, 4) is 0 Å². The first-order valence-corrected chi connectivity index (χ1v) is 7.70. The molecule has 1 fully saturated rings. The Balaban J connectivity index is 1.75. The Bertz CT molecular complexity index is 359. The highest BCUT2D eigenvalue weighted by molar-refractivity contribution is 5.15. The first-order valence-electron chi connectivity index (χ1n) is 7.70. The van der Waals surface area contributed by atoms with Crippen LogP contribution in [0, 0.1) is 0 Å². The molecule has 1 aliphatic carbocycles. The molecule has 1 aliphatic rings. The molecule has 0 bridgehead atoms. The summed E-state index contributed by atoms with van der Waals surface area (Å²) in [5, 5.41) is 3.74. The lowest BCUT2D eigenvalue weighted by atomic mass is 10.0. The molecule has 2 unspecified atom stereocenters. The number of nitrogens with one attached hydrogen (secondary N) is 1.